The van der Waals surface area contributed by atoms with Gasteiger partial charge in [0.05, 0.1) is 40.2 Å². The van der Waals surface area contributed by atoms with Gasteiger partial charge in [-0.3, -0.25) is 39.1 Å². The van der Waals surface area contributed by atoms with Crippen LogP contribution in [0.25, 0.3) is 0 Å². The smallest absolute Gasteiger partial charge is 0.262 e. The molecule has 290 valence electrons. The third-order valence-electron chi connectivity index (χ3n) is 11.6. The van der Waals surface area contributed by atoms with E-state index in [4.69, 9.17) is 21.6 Å². The molecule has 1 saturated carbocycles. The monoisotopic (exact) mass is 779 g/mol. The van der Waals surface area contributed by atoms with Crippen molar-refractivity contribution >= 4 is 58.5 Å². The van der Waals surface area contributed by atoms with Gasteiger partial charge < -0.3 is 19.9 Å². The molecule has 8 rings (SSSR count). The number of nitrogens with zero attached hydrogens (tertiary/aromatic N) is 7. The Hall–Kier alpha value is -5.59. The Morgan fingerprint density at radius 3 is 2.39 bits per heavy atom. The maximum atomic E-state index is 13.3. The number of piperidine rings is 2. The van der Waals surface area contributed by atoms with Crippen molar-refractivity contribution in [3.8, 4) is 11.8 Å². The first-order chi connectivity index (χ1) is 27.1. The molecule has 15 nitrogen and oxygen atoms in total. The number of piperazine rings is 1. The number of benzene rings is 2. The van der Waals surface area contributed by atoms with Crippen LogP contribution in [0.2, 0.25) is 5.02 Å². The fourth-order valence-corrected chi connectivity index (χ4v) is 8.68. The number of fused-ring (bicyclic) bond motifs is 1. The van der Waals surface area contributed by atoms with Gasteiger partial charge in [-0.25, -0.2) is 9.97 Å². The average Bonchev–Trinajstić information content (AvgIpc) is 3.77. The maximum Gasteiger partial charge on any atom is 0.262 e. The van der Waals surface area contributed by atoms with Gasteiger partial charge in [-0.2, -0.15) is 5.26 Å². The molecule has 3 aromatic rings. The Bertz CT molecular complexity index is 2090. The molecule has 4 aliphatic heterocycles. The molecule has 0 spiro atoms. The number of imide groups is 2. The number of nitrogens with one attached hydrogen (secondary N) is 2. The second-order valence-electron chi connectivity index (χ2n) is 15.1. The van der Waals surface area contributed by atoms with Crippen LogP contribution in [0.1, 0.15) is 71.2 Å². The number of hydrogen-bond donors (Lipinski definition) is 2. The Labute approximate surface area is 328 Å². The molecule has 1 aliphatic carbocycles. The zero-order valence-electron chi connectivity index (χ0n) is 30.8. The minimum atomic E-state index is -0.977. The number of halogens is 1. The second-order valence-corrected chi connectivity index (χ2v) is 15.6. The molecular weight excluding hydrogens is 738 g/mol. The molecule has 2 aromatic carbocycles. The van der Waals surface area contributed by atoms with Crippen molar-refractivity contribution in [1.82, 2.24) is 25.1 Å². The third kappa shape index (κ3) is 7.76. The van der Waals surface area contributed by atoms with Crippen molar-refractivity contribution in [1.29, 1.82) is 5.26 Å². The fourth-order valence-electron chi connectivity index (χ4n) is 8.47. The van der Waals surface area contributed by atoms with Crippen LogP contribution in [0, 0.1) is 23.2 Å². The van der Waals surface area contributed by atoms with Crippen LogP contribution in [0.15, 0.2) is 48.8 Å². The summed E-state index contributed by atoms with van der Waals surface area (Å²) >= 11 is 6.14. The maximum absolute atomic E-state index is 13.3. The molecule has 0 bridgehead atoms. The molecule has 16 heteroatoms. The number of aromatic nitrogens is 2. The van der Waals surface area contributed by atoms with Crippen LogP contribution in [-0.4, -0.2) is 107 Å². The van der Waals surface area contributed by atoms with E-state index in [9.17, 15) is 24.0 Å². The van der Waals surface area contributed by atoms with E-state index in [2.05, 4.69) is 35.3 Å². The van der Waals surface area contributed by atoms with E-state index >= 15 is 0 Å². The highest BCUT2D eigenvalue weighted by Gasteiger charge is 2.45. The summed E-state index contributed by atoms with van der Waals surface area (Å²) in [7, 11) is 0. The van der Waals surface area contributed by atoms with Crippen LogP contribution in [-0.2, 0) is 14.4 Å². The average molecular weight is 780 g/mol. The largest absolute Gasteiger partial charge is 0.490 e. The number of carbonyl (C=O) groups is 5. The summed E-state index contributed by atoms with van der Waals surface area (Å²) in [6, 6.07) is 11.3. The molecule has 3 atom stereocenters. The normalized spacial score (nSPS) is 23.2. The Kier molecular flexibility index (Phi) is 10.6. The third-order valence-corrected chi connectivity index (χ3v) is 11.9. The number of amides is 5. The van der Waals surface area contributed by atoms with Gasteiger partial charge in [-0.15, -0.1) is 0 Å². The van der Waals surface area contributed by atoms with Gasteiger partial charge in [0.25, 0.3) is 11.8 Å². The van der Waals surface area contributed by atoms with Crippen molar-refractivity contribution in [3.05, 3.63) is 70.5 Å². The molecule has 1 unspecified atom stereocenters. The zero-order chi connectivity index (χ0) is 38.9. The van der Waals surface area contributed by atoms with Crippen LogP contribution >= 0.6 is 11.6 Å². The number of nitriles is 1. The summed E-state index contributed by atoms with van der Waals surface area (Å²) in [6.45, 7) is 6.09. The molecule has 2 N–H and O–H groups in total. The number of rotatable bonds is 9. The molecule has 5 aliphatic rings. The van der Waals surface area contributed by atoms with Gasteiger partial charge in [0.1, 0.15) is 23.7 Å². The summed E-state index contributed by atoms with van der Waals surface area (Å²) in [5, 5.41) is 14.6. The Morgan fingerprint density at radius 1 is 0.893 bits per heavy atom. The van der Waals surface area contributed by atoms with E-state index in [1.54, 1.807) is 42.7 Å². The lowest BCUT2D eigenvalue weighted by atomic mass is 9.96. The Morgan fingerprint density at radius 2 is 1.68 bits per heavy atom. The lowest BCUT2D eigenvalue weighted by molar-refractivity contribution is -0.136. The first-order valence-corrected chi connectivity index (χ1v) is 19.6. The quantitative estimate of drug-likeness (QED) is 0.302. The van der Waals surface area contributed by atoms with Gasteiger partial charge in [0.2, 0.25) is 17.7 Å². The minimum absolute atomic E-state index is 0.0878. The highest BCUT2D eigenvalue weighted by molar-refractivity contribution is 6.31. The van der Waals surface area contributed by atoms with E-state index in [1.165, 1.54) is 0 Å². The van der Waals surface area contributed by atoms with Gasteiger partial charge in [0.15, 0.2) is 5.82 Å². The highest BCUT2D eigenvalue weighted by atomic mass is 35.5. The SMILES string of the molecule is N#Cc1ccc(O[C@@H]2CC[C@@H](C(=O)Nc3cnc(N4CCC(CN5CCN(c6ccc7c(c6)C(=O)N(C6CCC(=O)NC6=O)C7=O)CC5)CC4)cn3)C2)cc1Cl. The lowest BCUT2D eigenvalue weighted by Crippen LogP contribution is -2.54. The molecule has 56 heavy (non-hydrogen) atoms. The molecule has 1 aromatic heterocycles. The molecule has 4 fully saturated rings. The van der Waals surface area contributed by atoms with Gasteiger partial charge in [-0.05, 0) is 74.8 Å². The number of carbonyl (C=O) groups excluding carboxylic acids is 5. The van der Waals surface area contributed by atoms with Crippen molar-refractivity contribution in [2.24, 2.45) is 11.8 Å². The van der Waals surface area contributed by atoms with Gasteiger partial charge >= 0.3 is 0 Å². The standard InChI is InChI=1S/C40H42ClN9O6/c41-32-19-29(5-2-26(32)20-42)56-28-4-1-25(17-28)37(52)45-34-21-44-35(22-43-34)49-11-9-24(10-12-49)23-47-13-15-48(16-14-47)27-3-6-30-31(18-27)40(55)50(39(30)54)33-7-8-36(51)46-38(33)53/h2-3,5-6,18-19,21-22,24-25,28,33H,1,4,7-17,23H2,(H,43,45,52)(H,46,51,53)/t25-,28-,33?/m1/s1. The van der Waals surface area contributed by atoms with Gasteiger partial charge in [-0.1, -0.05) is 11.6 Å². The van der Waals surface area contributed by atoms with E-state index in [0.29, 0.717) is 46.5 Å². The fraction of sp³-hybridized carbons (Fsp3) is 0.450. The van der Waals surface area contributed by atoms with E-state index in [0.717, 1.165) is 81.5 Å². The highest BCUT2D eigenvalue weighted by Crippen LogP contribution is 2.33. The van der Waals surface area contributed by atoms with Crippen molar-refractivity contribution in [2.45, 2.75) is 57.1 Å². The van der Waals surface area contributed by atoms with Crippen molar-refractivity contribution < 1.29 is 28.7 Å². The van der Waals surface area contributed by atoms with Crippen LogP contribution < -0.4 is 25.2 Å². The first-order valence-electron chi connectivity index (χ1n) is 19.2. The molecule has 0 radical (unpaired) electrons. The topological polar surface area (TPSA) is 181 Å². The number of ether oxygens (including phenoxy) is 1. The summed E-state index contributed by atoms with van der Waals surface area (Å²) in [6.07, 6.45) is 7.52. The van der Waals surface area contributed by atoms with Crippen LogP contribution in [0.4, 0.5) is 17.3 Å². The van der Waals surface area contributed by atoms with E-state index in [1.807, 2.05) is 12.1 Å². The lowest BCUT2D eigenvalue weighted by Gasteiger charge is -2.39. The molecule has 5 heterocycles. The predicted molar refractivity (Wildman–Crippen MR) is 205 cm³/mol. The molecule has 5 amide bonds. The predicted octanol–water partition coefficient (Wildman–Crippen LogP) is 3.63. The Balaban J connectivity index is 0.762. The van der Waals surface area contributed by atoms with Crippen LogP contribution in [0.5, 0.6) is 5.75 Å². The number of anilines is 3. The first kappa shape index (κ1) is 37.3. The second kappa shape index (κ2) is 15.9. The van der Waals surface area contributed by atoms with Crippen molar-refractivity contribution in [3.63, 3.8) is 0 Å². The summed E-state index contributed by atoms with van der Waals surface area (Å²) in [5.41, 5.74) is 1.85. The van der Waals surface area contributed by atoms with Gasteiger partial charge in [0, 0.05) is 69.9 Å². The number of hydrogen-bond acceptors (Lipinski definition) is 12. The van der Waals surface area contributed by atoms with Crippen LogP contribution in [0.3, 0.4) is 0 Å². The zero-order valence-corrected chi connectivity index (χ0v) is 31.5. The molecular formula is C40H42ClN9O6. The van der Waals surface area contributed by atoms with Crippen molar-refractivity contribution in [2.75, 3.05) is 60.9 Å². The van der Waals surface area contributed by atoms with E-state index in [-0.39, 0.29) is 36.3 Å². The summed E-state index contributed by atoms with van der Waals surface area (Å²) < 4.78 is 6.03. The summed E-state index contributed by atoms with van der Waals surface area (Å²) in [4.78, 5) is 80.5. The molecule has 3 saturated heterocycles. The summed E-state index contributed by atoms with van der Waals surface area (Å²) in [5.74, 6) is 0.0554. The minimum Gasteiger partial charge on any atom is -0.490 e. The van der Waals surface area contributed by atoms with E-state index < -0.39 is 29.7 Å².